The lowest BCUT2D eigenvalue weighted by Crippen LogP contribution is -2.30. The molecule has 0 atom stereocenters. The van der Waals surface area contributed by atoms with Crippen molar-refractivity contribution in [1.82, 2.24) is 19.5 Å². The number of hydrogen-bond acceptors (Lipinski definition) is 4. The molecule has 7 heteroatoms. The number of anilines is 1. The molecule has 0 N–H and O–H groups in total. The molecule has 0 saturated heterocycles. The normalized spacial score (nSPS) is 10.5. The van der Waals surface area contributed by atoms with Crippen molar-refractivity contribution in [3.63, 3.8) is 0 Å². The molecule has 0 bridgehead atoms. The molecule has 3 aromatic heterocycles. The highest BCUT2D eigenvalue weighted by Gasteiger charge is 2.23. The Morgan fingerprint density at radius 1 is 1.09 bits per heavy atom. The molecule has 1 amide bonds. The number of fused-ring (bicyclic) bond motifs is 1. The molecule has 4 rings (SSSR count). The average Bonchev–Trinajstić information content (AvgIpc) is 3.12. The molecule has 0 spiro atoms. The number of amides is 1. The van der Waals surface area contributed by atoms with Gasteiger partial charge in [0.15, 0.2) is 0 Å². The van der Waals surface area contributed by atoms with Gasteiger partial charge in [0.25, 0.3) is 0 Å². The van der Waals surface area contributed by atoms with Crippen LogP contribution in [-0.2, 0) is 11.3 Å². The Morgan fingerprint density at radius 2 is 1.88 bits per heavy atom. The molecule has 4 aromatic rings. The monoisotopic (exact) mass is 423 g/mol. The summed E-state index contributed by atoms with van der Waals surface area (Å²) in [5, 5.41) is 0. The summed E-state index contributed by atoms with van der Waals surface area (Å²) in [6, 6.07) is 11.6. The maximum absolute atomic E-state index is 13.6. The van der Waals surface area contributed by atoms with Crippen LogP contribution in [0.4, 0.5) is 10.3 Å². The zero-order valence-corrected chi connectivity index (χ0v) is 17.3. The Hall–Kier alpha value is -4.49. The first-order valence-corrected chi connectivity index (χ1v) is 9.76. The van der Waals surface area contributed by atoms with Crippen LogP contribution in [0.25, 0.3) is 33.5 Å². The van der Waals surface area contributed by atoms with Crippen LogP contribution in [0, 0.1) is 30.5 Å². The second kappa shape index (κ2) is 8.71. The van der Waals surface area contributed by atoms with Crippen molar-refractivity contribution in [3.8, 4) is 47.2 Å². The fourth-order valence-corrected chi connectivity index (χ4v) is 3.61. The molecule has 0 aliphatic carbocycles. The Morgan fingerprint density at radius 3 is 2.56 bits per heavy atom. The molecule has 32 heavy (non-hydrogen) atoms. The average molecular weight is 423 g/mol. The molecule has 0 saturated carbocycles. The highest BCUT2D eigenvalue weighted by Crippen LogP contribution is 2.39. The van der Waals surface area contributed by atoms with Gasteiger partial charge in [-0.2, -0.15) is 0 Å². The topological polar surface area (TPSA) is 63.9 Å². The molecule has 0 radical (unpaired) electrons. The lowest BCUT2D eigenvalue weighted by Gasteiger charge is -2.17. The molecule has 1 aromatic carbocycles. The van der Waals surface area contributed by atoms with Crippen LogP contribution < -0.4 is 4.90 Å². The van der Waals surface area contributed by atoms with Crippen LogP contribution in [0.15, 0.2) is 54.9 Å². The SMILES string of the molecule is C#CCN(C(C)=O)c1nccc(-c2c(-c3ccc(F)cc3)c3ncccc3n2CC#C)n1. The Kier molecular flexibility index (Phi) is 5.65. The van der Waals surface area contributed by atoms with Crippen molar-refractivity contribution in [2.45, 2.75) is 13.5 Å². The maximum Gasteiger partial charge on any atom is 0.233 e. The Labute approximate surface area is 184 Å². The van der Waals surface area contributed by atoms with E-state index in [1.807, 2.05) is 16.7 Å². The number of carbonyl (C=O) groups excluding carboxylic acids is 1. The Bertz CT molecular complexity index is 1390. The van der Waals surface area contributed by atoms with Gasteiger partial charge in [-0.1, -0.05) is 24.0 Å². The van der Waals surface area contributed by atoms with Crippen LogP contribution in [0.1, 0.15) is 6.92 Å². The number of carbonyl (C=O) groups is 1. The number of halogens is 1. The minimum Gasteiger partial charge on any atom is -0.326 e. The van der Waals surface area contributed by atoms with Gasteiger partial charge in [-0.25, -0.2) is 14.4 Å². The van der Waals surface area contributed by atoms with Crippen molar-refractivity contribution in [2.24, 2.45) is 0 Å². The van der Waals surface area contributed by atoms with Crippen LogP contribution >= 0.6 is 0 Å². The van der Waals surface area contributed by atoms with Crippen LogP contribution in [0.2, 0.25) is 0 Å². The maximum atomic E-state index is 13.6. The van der Waals surface area contributed by atoms with E-state index in [1.165, 1.54) is 24.0 Å². The number of nitrogens with zero attached hydrogens (tertiary/aromatic N) is 5. The highest BCUT2D eigenvalue weighted by atomic mass is 19.1. The number of terminal acetylenes is 2. The van der Waals surface area contributed by atoms with Crippen LogP contribution in [-0.4, -0.2) is 32.0 Å². The largest absolute Gasteiger partial charge is 0.326 e. The molecule has 0 fully saturated rings. The van der Waals surface area contributed by atoms with Crippen molar-refractivity contribution in [3.05, 3.63) is 60.7 Å². The van der Waals surface area contributed by atoms with Gasteiger partial charge in [-0.05, 0) is 35.9 Å². The molecule has 6 nitrogen and oxygen atoms in total. The third-order valence-electron chi connectivity index (χ3n) is 4.96. The van der Waals surface area contributed by atoms with E-state index in [0.717, 1.165) is 16.6 Å². The van der Waals surface area contributed by atoms with Gasteiger partial charge in [0.1, 0.15) is 5.82 Å². The molecule has 0 unspecified atom stereocenters. The molecular formula is C25H18FN5O. The molecule has 3 heterocycles. The fraction of sp³-hybridized carbons (Fsp3) is 0.120. The third kappa shape index (κ3) is 3.68. The summed E-state index contributed by atoms with van der Waals surface area (Å²) in [5.74, 6) is 4.70. The summed E-state index contributed by atoms with van der Waals surface area (Å²) in [5.41, 5.74) is 4.26. The van der Waals surface area contributed by atoms with Crippen molar-refractivity contribution < 1.29 is 9.18 Å². The predicted octanol–water partition coefficient (Wildman–Crippen LogP) is 3.92. The van der Waals surface area contributed by atoms with Gasteiger partial charge in [-0.15, -0.1) is 12.8 Å². The quantitative estimate of drug-likeness (QED) is 0.457. The first-order valence-electron chi connectivity index (χ1n) is 9.76. The van der Waals surface area contributed by atoms with Crippen LogP contribution in [0.3, 0.4) is 0 Å². The number of hydrogen-bond donors (Lipinski definition) is 0. The molecule has 156 valence electrons. The number of pyridine rings is 1. The summed E-state index contributed by atoms with van der Waals surface area (Å²) in [4.78, 5) is 26.8. The molecular weight excluding hydrogens is 405 g/mol. The smallest absolute Gasteiger partial charge is 0.233 e. The minimum atomic E-state index is -0.341. The molecule has 0 aliphatic rings. The summed E-state index contributed by atoms with van der Waals surface area (Å²) in [7, 11) is 0. The van der Waals surface area contributed by atoms with Gasteiger partial charge in [0.2, 0.25) is 11.9 Å². The van der Waals surface area contributed by atoms with E-state index in [9.17, 15) is 9.18 Å². The van der Waals surface area contributed by atoms with Crippen LogP contribution in [0.5, 0.6) is 0 Å². The van der Waals surface area contributed by atoms with E-state index in [4.69, 9.17) is 12.8 Å². The Balaban J connectivity index is 2.03. The number of rotatable bonds is 5. The van der Waals surface area contributed by atoms with Crippen molar-refractivity contribution in [1.29, 1.82) is 0 Å². The van der Waals surface area contributed by atoms with E-state index in [2.05, 4.69) is 26.8 Å². The number of aromatic nitrogens is 4. The van der Waals surface area contributed by atoms with E-state index in [1.54, 1.807) is 30.6 Å². The minimum absolute atomic E-state index is 0.0402. The van der Waals surface area contributed by atoms with E-state index in [0.29, 0.717) is 16.9 Å². The summed E-state index contributed by atoms with van der Waals surface area (Å²) >= 11 is 0. The fourth-order valence-electron chi connectivity index (χ4n) is 3.61. The lowest BCUT2D eigenvalue weighted by atomic mass is 10.0. The summed E-state index contributed by atoms with van der Waals surface area (Å²) in [6.45, 7) is 1.70. The van der Waals surface area contributed by atoms with Gasteiger partial charge in [-0.3, -0.25) is 14.7 Å². The van der Waals surface area contributed by atoms with E-state index >= 15 is 0 Å². The van der Waals surface area contributed by atoms with Gasteiger partial charge in [0, 0.05) is 24.9 Å². The zero-order valence-electron chi connectivity index (χ0n) is 17.3. The van der Waals surface area contributed by atoms with E-state index < -0.39 is 0 Å². The number of benzene rings is 1. The van der Waals surface area contributed by atoms with Crippen molar-refractivity contribution in [2.75, 3.05) is 11.4 Å². The second-order valence-corrected chi connectivity index (χ2v) is 6.94. The predicted molar refractivity (Wildman–Crippen MR) is 122 cm³/mol. The first-order chi connectivity index (χ1) is 15.5. The zero-order chi connectivity index (χ0) is 22.7. The second-order valence-electron chi connectivity index (χ2n) is 6.94. The van der Waals surface area contributed by atoms with Gasteiger partial charge >= 0.3 is 0 Å². The standard InChI is InChI=1S/C25H18FN5O/c1-4-15-30(17(3)32)25-28-14-12-20(29-25)24-22(18-8-10-19(26)11-9-18)23-21(7-6-13-27-23)31(24)16-5-2/h1-2,6-14H,15-16H2,3H3. The summed E-state index contributed by atoms with van der Waals surface area (Å²) < 4.78 is 15.6. The molecule has 0 aliphatic heterocycles. The highest BCUT2D eigenvalue weighted by molar-refractivity contribution is 6.02. The third-order valence-corrected chi connectivity index (χ3v) is 4.96. The summed E-state index contributed by atoms with van der Waals surface area (Å²) in [6.07, 6.45) is 14.3. The van der Waals surface area contributed by atoms with Crippen molar-refractivity contribution >= 4 is 22.9 Å². The van der Waals surface area contributed by atoms with Gasteiger partial charge in [0.05, 0.1) is 35.5 Å². The van der Waals surface area contributed by atoms with E-state index in [-0.39, 0.29) is 30.8 Å². The van der Waals surface area contributed by atoms with Gasteiger partial charge < -0.3 is 4.57 Å². The first kappa shape index (κ1) is 20.8. The lowest BCUT2D eigenvalue weighted by molar-refractivity contribution is -0.116.